The topological polar surface area (TPSA) is 103 Å². The third-order valence-electron chi connectivity index (χ3n) is 2.43. The van der Waals surface area contributed by atoms with Crippen LogP contribution in [0.25, 0.3) is 0 Å². The highest BCUT2D eigenvalue weighted by Gasteiger charge is 2.15. The van der Waals surface area contributed by atoms with Gasteiger partial charge in [-0.15, -0.1) is 0 Å². The molecule has 0 aliphatic rings. The first-order valence-electron chi connectivity index (χ1n) is 5.17. The number of nitrogens with zero attached hydrogens (tertiary/aromatic N) is 3. The molecule has 7 nitrogen and oxygen atoms in total. The largest absolute Gasteiger partial charge is 0.485 e. The number of hydrogen-bond donors (Lipinski definition) is 2. The van der Waals surface area contributed by atoms with Gasteiger partial charge in [0.05, 0.1) is 0 Å². The van der Waals surface area contributed by atoms with Crippen LogP contribution in [0.15, 0.2) is 24.5 Å². The highest BCUT2D eigenvalue weighted by atomic mass is 16.5. The second-order valence-electron chi connectivity index (χ2n) is 3.61. The lowest BCUT2D eigenvalue weighted by Crippen LogP contribution is -2.09. The van der Waals surface area contributed by atoms with Crippen LogP contribution >= 0.6 is 0 Å². The van der Waals surface area contributed by atoms with E-state index in [4.69, 9.17) is 15.6 Å². The van der Waals surface area contributed by atoms with Gasteiger partial charge in [-0.05, 0) is 12.1 Å². The lowest BCUT2D eigenvalue weighted by molar-refractivity contribution is 0.0693. The molecule has 1 heterocycles. The summed E-state index contributed by atoms with van der Waals surface area (Å²) >= 11 is 0. The Morgan fingerprint density at radius 3 is 2.94 bits per heavy atom. The Morgan fingerprint density at radius 1 is 1.56 bits per heavy atom. The molecule has 0 spiro atoms. The van der Waals surface area contributed by atoms with Gasteiger partial charge in [-0.25, -0.2) is 9.78 Å². The fourth-order valence-corrected chi connectivity index (χ4v) is 1.49. The van der Waals surface area contributed by atoms with E-state index in [9.17, 15) is 4.79 Å². The Hall–Kier alpha value is -2.57. The number of aromatic carboxylic acids is 1. The molecule has 18 heavy (non-hydrogen) atoms. The third kappa shape index (κ3) is 2.24. The molecule has 0 atom stereocenters. The summed E-state index contributed by atoms with van der Waals surface area (Å²) in [6.45, 7) is 0.125. The Labute approximate surface area is 103 Å². The number of benzene rings is 1. The molecular formula is C11H12N4O3. The first kappa shape index (κ1) is 11.9. The Morgan fingerprint density at radius 2 is 2.33 bits per heavy atom. The minimum absolute atomic E-state index is 0.0420. The number of carbonyl (C=O) groups is 1. The predicted octanol–water partition coefficient (Wildman–Crippen LogP) is 0.675. The van der Waals surface area contributed by atoms with E-state index in [2.05, 4.69) is 10.1 Å². The molecule has 0 amide bonds. The van der Waals surface area contributed by atoms with Gasteiger partial charge >= 0.3 is 5.97 Å². The molecular weight excluding hydrogens is 236 g/mol. The summed E-state index contributed by atoms with van der Waals surface area (Å²) in [5.41, 5.74) is 5.73. The van der Waals surface area contributed by atoms with E-state index in [0.717, 1.165) is 0 Å². The summed E-state index contributed by atoms with van der Waals surface area (Å²) in [6.07, 6.45) is 1.40. The number of anilines is 1. The summed E-state index contributed by atoms with van der Waals surface area (Å²) in [4.78, 5) is 15.1. The van der Waals surface area contributed by atoms with Crippen LogP contribution < -0.4 is 10.5 Å². The van der Waals surface area contributed by atoms with Gasteiger partial charge in [0, 0.05) is 12.7 Å². The van der Waals surface area contributed by atoms with Crippen molar-refractivity contribution < 1.29 is 14.6 Å². The number of aryl methyl sites for hydroxylation is 1. The smallest absolute Gasteiger partial charge is 0.341 e. The zero-order valence-corrected chi connectivity index (χ0v) is 9.70. The summed E-state index contributed by atoms with van der Waals surface area (Å²) in [7, 11) is 1.73. The molecule has 0 saturated heterocycles. The van der Waals surface area contributed by atoms with Crippen molar-refractivity contribution in [1.82, 2.24) is 14.8 Å². The van der Waals surface area contributed by atoms with Gasteiger partial charge in [0.25, 0.3) is 0 Å². The van der Waals surface area contributed by atoms with Crippen LogP contribution in [0.2, 0.25) is 0 Å². The van der Waals surface area contributed by atoms with Crippen molar-refractivity contribution in [3.63, 3.8) is 0 Å². The van der Waals surface area contributed by atoms with E-state index in [1.807, 2.05) is 0 Å². The summed E-state index contributed by atoms with van der Waals surface area (Å²) < 4.78 is 6.97. The Bertz CT molecular complexity index is 579. The van der Waals surface area contributed by atoms with Crippen molar-refractivity contribution in [1.29, 1.82) is 0 Å². The summed E-state index contributed by atoms with van der Waals surface area (Å²) in [6, 6.07) is 4.70. The van der Waals surface area contributed by atoms with Crippen molar-refractivity contribution >= 4 is 11.7 Å². The highest BCUT2D eigenvalue weighted by molar-refractivity contribution is 5.96. The van der Waals surface area contributed by atoms with Crippen LogP contribution in [-0.4, -0.2) is 25.8 Å². The zero-order valence-electron chi connectivity index (χ0n) is 9.70. The Balaban J connectivity index is 2.22. The lowest BCUT2D eigenvalue weighted by atomic mass is 10.1. The maximum atomic E-state index is 11.1. The van der Waals surface area contributed by atoms with Crippen molar-refractivity contribution in [3.8, 4) is 5.75 Å². The second-order valence-corrected chi connectivity index (χ2v) is 3.61. The number of aromatic nitrogens is 3. The van der Waals surface area contributed by atoms with Crippen molar-refractivity contribution in [2.75, 3.05) is 5.73 Å². The van der Waals surface area contributed by atoms with Crippen molar-refractivity contribution in [3.05, 3.63) is 35.9 Å². The third-order valence-corrected chi connectivity index (χ3v) is 2.43. The predicted molar refractivity (Wildman–Crippen MR) is 63.1 cm³/mol. The average molecular weight is 248 g/mol. The molecule has 2 aromatic rings. The molecule has 1 aromatic heterocycles. The molecule has 0 aliphatic carbocycles. The Kier molecular flexibility index (Phi) is 3.13. The zero-order chi connectivity index (χ0) is 13.1. The molecule has 2 rings (SSSR count). The number of carboxylic acid groups (broad SMARTS) is 1. The number of nitrogens with two attached hydrogens (primary N) is 1. The highest BCUT2D eigenvalue weighted by Crippen LogP contribution is 2.24. The molecule has 94 valence electrons. The van der Waals surface area contributed by atoms with Gasteiger partial charge in [0.2, 0.25) is 0 Å². The SMILES string of the molecule is Cn1ncnc1COc1cccc(N)c1C(=O)O. The fraction of sp³-hybridized carbons (Fsp3) is 0.182. The maximum Gasteiger partial charge on any atom is 0.341 e. The van der Waals surface area contributed by atoms with Gasteiger partial charge < -0.3 is 15.6 Å². The molecule has 7 heteroatoms. The van der Waals surface area contributed by atoms with Gasteiger partial charge in [-0.1, -0.05) is 6.07 Å². The van der Waals surface area contributed by atoms with Crippen LogP contribution in [-0.2, 0) is 13.7 Å². The molecule has 1 aromatic carbocycles. The summed E-state index contributed by atoms with van der Waals surface area (Å²) in [5, 5.41) is 13.0. The second kappa shape index (κ2) is 4.74. The first-order valence-corrected chi connectivity index (χ1v) is 5.17. The van der Waals surface area contributed by atoms with Crippen LogP contribution in [0.4, 0.5) is 5.69 Å². The first-order chi connectivity index (χ1) is 8.59. The van der Waals surface area contributed by atoms with Crippen LogP contribution in [0.5, 0.6) is 5.75 Å². The quantitative estimate of drug-likeness (QED) is 0.771. The van der Waals surface area contributed by atoms with E-state index in [0.29, 0.717) is 5.82 Å². The molecule has 3 N–H and O–H groups in total. The molecule has 0 aliphatic heterocycles. The summed E-state index contributed by atoms with van der Waals surface area (Å²) in [5.74, 6) is -0.319. The number of nitrogen functional groups attached to an aromatic ring is 1. The van der Waals surface area contributed by atoms with Crippen LogP contribution in [0.1, 0.15) is 16.2 Å². The van der Waals surface area contributed by atoms with Gasteiger partial charge in [0.1, 0.15) is 24.2 Å². The van der Waals surface area contributed by atoms with E-state index < -0.39 is 5.97 Å². The standard InChI is InChI=1S/C11H12N4O3/c1-15-9(13-6-14-15)5-18-8-4-2-3-7(12)10(8)11(16)17/h2-4,6H,5,12H2,1H3,(H,16,17). The number of ether oxygens (including phenoxy) is 1. The van der Waals surface area contributed by atoms with Gasteiger partial charge in [-0.3, -0.25) is 4.68 Å². The molecule has 0 unspecified atom stereocenters. The van der Waals surface area contributed by atoms with Crippen LogP contribution in [0.3, 0.4) is 0 Å². The molecule has 0 bridgehead atoms. The minimum Gasteiger partial charge on any atom is -0.485 e. The number of rotatable bonds is 4. The van der Waals surface area contributed by atoms with E-state index >= 15 is 0 Å². The number of carboxylic acids is 1. The maximum absolute atomic E-state index is 11.1. The molecule has 0 radical (unpaired) electrons. The van der Waals surface area contributed by atoms with Crippen LogP contribution in [0, 0.1) is 0 Å². The molecule has 0 fully saturated rings. The van der Waals surface area contributed by atoms with E-state index in [1.54, 1.807) is 23.9 Å². The minimum atomic E-state index is -1.12. The van der Waals surface area contributed by atoms with Crippen molar-refractivity contribution in [2.45, 2.75) is 6.61 Å². The fourth-order valence-electron chi connectivity index (χ4n) is 1.49. The van der Waals surface area contributed by atoms with E-state index in [-0.39, 0.29) is 23.6 Å². The van der Waals surface area contributed by atoms with E-state index in [1.165, 1.54) is 12.4 Å². The van der Waals surface area contributed by atoms with Crippen molar-refractivity contribution in [2.24, 2.45) is 7.05 Å². The normalized spacial score (nSPS) is 10.3. The number of hydrogen-bond acceptors (Lipinski definition) is 5. The lowest BCUT2D eigenvalue weighted by Gasteiger charge is -2.10. The van der Waals surface area contributed by atoms with Gasteiger partial charge in [-0.2, -0.15) is 5.10 Å². The monoisotopic (exact) mass is 248 g/mol. The molecule has 0 saturated carbocycles. The average Bonchev–Trinajstić information content (AvgIpc) is 2.71. The van der Waals surface area contributed by atoms with Gasteiger partial charge in [0.15, 0.2) is 5.82 Å².